The predicted octanol–water partition coefficient (Wildman–Crippen LogP) is 16.8. The zero-order valence-electron chi connectivity index (χ0n) is 34.3. The molecule has 0 fully saturated rings. The van der Waals surface area contributed by atoms with E-state index in [2.05, 4.69) is 194 Å². The van der Waals surface area contributed by atoms with E-state index in [0.29, 0.717) is 0 Å². The Hall–Kier alpha value is -7.02. The van der Waals surface area contributed by atoms with Gasteiger partial charge in [-0.2, -0.15) is 0 Å². The maximum atomic E-state index is 2.55. The molecule has 0 amide bonds. The summed E-state index contributed by atoms with van der Waals surface area (Å²) in [4.78, 5) is 0. The fourth-order valence-electron chi connectivity index (χ4n) is 12.2. The summed E-state index contributed by atoms with van der Waals surface area (Å²) in [5.74, 6) is 0. The van der Waals surface area contributed by atoms with Crippen molar-refractivity contribution in [2.24, 2.45) is 0 Å². The van der Waals surface area contributed by atoms with Gasteiger partial charge in [0.25, 0.3) is 0 Å². The van der Waals surface area contributed by atoms with Gasteiger partial charge in [0.05, 0.1) is 0 Å². The molecular weight excluding hydrogens is 903 g/mol. The Labute approximate surface area is 379 Å². The molecule has 2 aromatic heterocycles. The minimum absolute atomic E-state index is 0.272. The Balaban J connectivity index is 1.08. The van der Waals surface area contributed by atoms with E-state index in [1.165, 1.54) is 159 Å². The zero-order valence-corrected chi connectivity index (χ0v) is 37.7. The molecule has 0 N–H and O–H groups in total. The SMILES string of the molecule is c1cc2c3c(cccc3c1)-c1c-2cc2c(ccc3c4cc5c(c(-c6cccc7[se]c8ccccc8c67)c4ccc23)-c2cccc3cccc-5c23)c1-c1cccc2[se]c3ccccc3c12. The Morgan fingerprint density at radius 1 is 0.203 bits per heavy atom. The third kappa shape index (κ3) is 4.30. The van der Waals surface area contributed by atoms with Gasteiger partial charge < -0.3 is 0 Å². The van der Waals surface area contributed by atoms with Crippen LogP contribution in [0.5, 0.6) is 0 Å². The molecule has 0 bridgehead atoms. The molecule has 2 heterocycles. The monoisotopic (exact) mass is 936 g/mol. The van der Waals surface area contributed by atoms with Crippen LogP contribution in [0, 0.1) is 0 Å². The van der Waals surface area contributed by atoms with Crippen LogP contribution in [0.3, 0.4) is 0 Å². The van der Waals surface area contributed by atoms with E-state index in [0.717, 1.165) is 0 Å². The number of hydrogen-bond donors (Lipinski definition) is 0. The number of fused-ring (bicyclic) bond motifs is 17. The van der Waals surface area contributed by atoms with Gasteiger partial charge in [0.1, 0.15) is 0 Å². The van der Waals surface area contributed by atoms with Gasteiger partial charge in [0, 0.05) is 0 Å². The minimum atomic E-state index is 0.272. The normalized spacial score (nSPS) is 12.7. The predicted molar refractivity (Wildman–Crippen MR) is 278 cm³/mol. The van der Waals surface area contributed by atoms with Gasteiger partial charge in [-0.3, -0.25) is 0 Å². The first kappa shape index (κ1) is 34.5. The number of rotatable bonds is 2. The first-order chi connectivity index (χ1) is 31.8. The summed E-state index contributed by atoms with van der Waals surface area (Å²) < 4.78 is 5.91. The van der Waals surface area contributed by atoms with E-state index in [9.17, 15) is 0 Å². The van der Waals surface area contributed by atoms with Crippen molar-refractivity contribution in [1.29, 1.82) is 0 Å². The van der Waals surface area contributed by atoms with Crippen molar-refractivity contribution in [1.82, 2.24) is 0 Å². The standard InChI is InChI=1S/C62H32Se2/c1-3-23-51-41(15-1)57-45(21-9-25-53(57)63-51)59-39-29-27-36-35(47(39)31-49-37-17-5-11-33-13-7-19-43(55(33)37)61(49)59)28-30-40-48(36)32-50-38-18-6-12-34-14-8-20-44(56(34)38)62(50)60(40)46-22-10-26-54-58(46)42-16-2-4-24-52(42)64-54/h1-32H. The summed E-state index contributed by atoms with van der Waals surface area (Å²) in [7, 11) is 0. The topological polar surface area (TPSA) is 0 Å². The van der Waals surface area contributed by atoms with Crippen molar-refractivity contribution in [3.8, 4) is 66.8 Å². The molecule has 2 heteroatoms. The second kappa shape index (κ2) is 12.4. The van der Waals surface area contributed by atoms with E-state index in [1.54, 1.807) is 0 Å². The van der Waals surface area contributed by atoms with Gasteiger partial charge in [-0.1, -0.05) is 0 Å². The Morgan fingerprint density at radius 2 is 0.562 bits per heavy atom. The molecule has 14 aromatic rings. The van der Waals surface area contributed by atoms with Crippen molar-refractivity contribution >= 4 is 121 Å². The van der Waals surface area contributed by atoms with Gasteiger partial charge in [0.15, 0.2) is 0 Å². The summed E-state index contributed by atoms with van der Waals surface area (Å²) in [6.07, 6.45) is 0. The van der Waals surface area contributed by atoms with E-state index < -0.39 is 0 Å². The van der Waals surface area contributed by atoms with Crippen LogP contribution in [0.1, 0.15) is 0 Å². The fraction of sp³-hybridized carbons (Fsp3) is 0. The second-order valence-corrected chi connectivity index (χ2v) is 22.3. The first-order valence-corrected chi connectivity index (χ1v) is 25.6. The summed E-state index contributed by atoms with van der Waals surface area (Å²) in [6.45, 7) is 0. The van der Waals surface area contributed by atoms with Gasteiger partial charge in [-0.25, -0.2) is 0 Å². The van der Waals surface area contributed by atoms with Crippen LogP contribution in [0.2, 0.25) is 0 Å². The molecule has 0 unspecified atom stereocenters. The molecule has 2 aliphatic rings. The van der Waals surface area contributed by atoms with Crippen LogP contribution < -0.4 is 0 Å². The Morgan fingerprint density at radius 3 is 1.02 bits per heavy atom. The van der Waals surface area contributed by atoms with Crippen LogP contribution in [0.25, 0.3) is 159 Å². The average Bonchev–Trinajstić information content (AvgIpc) is 4.10. The van der Waals surface area contributed by atoms with Crippen LogP contribution in [0.15, 0.2) is 194 Å². The number of hydrogen-bond acceptors (Lipinski definition) is 0. The van der Waals surface area contributed by atoms with Crippen molar-refractivity contribution in [3.63, 3.8) is 0 Å². The molecule has 12 aromatic carbocycles. The molecule has 0 saturated heterocycles. The van der Waals surface area contributed by atoms with Gasteiger partial charge in [-0.05, 0) is 0 Å². The summed E-state index contributed by atoms with van der Waals surface area (Å²) in [5.41, 5.74) is 16.2. The molecule has 2 aliphatic carbocycles. The molecule has 0 radical (unpaired) electrons. The summed E-state index contributed by atoms with van der Waals surface area (Å²) in [5, 5.41) is 18.9. The summed E-state index contributed by atoms with van der Waals surface area (Å²) >= 11 is 0.544. The fourth-order valence-corrected chi connectivity index (χ4v) is 17.0. The van der Waals surface area contributed by atoms with Gasteiger partial charge >= 0.3 is 382 Å². The van der Waals surface area contributed by atoms with E-state index in [4.69, 9.17) is 0 Å². The average molecular weight is 935 g/mol. The molecule has 0 atom stereocenters. The summed E-state index contributed by atoms with van der Waals surface area (Å²) in [6, 6.07) is 75.0. The van der Waals surface area contributed by atoms with Crippen LogP contribution in [-0.4, -0.2) is 29.0 Å². The Bertz CT molecular complexity index is 4180. The van der Waals surface area contributed by atoms with Crippen molar-refractivity contribution in [3.05, 3.63) is 194 Å². The molecule has 292 valence electrons. The van der Waals surface area contributed by atoms with Gasteiger partial charge in [0.2, 0.25) is 0 Å². The van der Waals surface area contributed by atoms with Crippen molar-refractivity contribution in [2.45, 2.75) is 0 Å². The molecule has 16 rings (SSSR count). The molecule has 0 aliphatic heterocycles. The van der Waals surface area contributed by atoms with Crippen LogP contribution in [-0.2, 0) is 0 Å². The van der Waals surface area contributed by atoms with E-state index in [-0.39, 0.29) is 29.0 Å². The second-order valence-electron chi connectivity index (χ2n) is 17.7. The van der Waals surface area contributed by atoms with Crippen LogP contribution >= 0.6 is 0 Å². The molecular formula is C62H32Se2. The molecule has 64 heavy (non-hydrogen) atoms. The van der Waals surface area contributed by atoms with Crippen molar-refractivity contribution in [2.75, 3.05) is 0 Å². The van der Waals surface area contributed by atoms with Crippen LogP contribution in [0.4, 0.5) is 0 Å². The van der Waals surface area contributed by atoms with Gasteiger partial charge in [-0.15, -0.1) is 0 Å². The molecule has 0 saturated carbocycles. The molecule has 0 spiro atoms. The van der Waals surface area contributed by atoms with Crippen molar-refractivity contribution < 1.29 is 0 Å². The van der Waals surface area contributed by atoms with E-state index in [1.807, 2.05) is 0 Å². The number of benzene rings is 12. The molecule has 0 nitrogen and oxygen atoms in total. The first-order valence-electron chi connectivity index (χ1n) is 22.2. The quantitative estimate of drug-likeness (QED) is 0.120. The van der Waals surface area contributed by atoms with E-state index >= 15 is 0 Å². The maximum absolute atomic E-state index is 2.55. The zero-order chi connectivity index (χ0) is 41.4. The Kier molecular flexibility index (Phi) is 6.66. The third-order valence-corrected chi connectivity index (χ3v) is 19.5. The third-order valence-electron chi connectivity index (χ3n) is 14.7.